The summed E-state index contributed by atoms with van der Waals surface area (Å²) in [6.07, 6.45) is 5.26. The Labute approximate surface area is 83.8 Å². The number of likely N-dealkylation sites (tertiary alicyclic amines) is 1. The van der Waals surface area contributed by atoms with Gasteiger partial charge in [0, 0.05) is 17.8 Å². The van der Waals surface area contributed by atoms with Crippen LogP contribution >= 0.6 is 0 Å². The molecule has 0 aromatic carbocycles. The largest absolute Gasteiger partial charge is 0.329 e. The molecule has 0 bridgehead atoms. The van der Waals surface area contributed by atoms with E-state index < -0.39 is 0 Å². The number of H-pyrrole nitrogens is 1. The van der Waals surface area contributed by atoms with Crippen molar-refractivity contribution in [3.8, 4) is 0 Å². The maximum absolute atomic E-state index is 11.6. The highest BCUT2D eigenvalue weighted by Gasteiger charge is 2.22. The highest BCUT2D eigenvalue weighted by atomic mass is 16.1. The van der Waals surface area contributed by atoms with Crippen molar-refractivity contribution < 1.29 is 0 Å². The Kier molecular flexibility index (Phi) is 2.68. The molecule has 1 aromatic rings. The monoisotopic (exact) mass is 192 g/mol. The van der Waals surface area contributed by atoms with Crippen molar-refractivity contribution in [3.05, 3.63) is 34.2 Å². The van der Waals surface area contributed by atoms with E-state index >= 15 is 0 Å². The van der Waals surface area contributed by atoms with Crippen LogP contribution in [0, 0.1) is 0 Å². The molecule has 14 heavy (non-hydrogen) atoms. The molecule has 1 aliphatic rings. The van der Waals surface area contributed by atoms with E-state index in [0.717, 1.165) is 18.5 Å². The predicted octanol–water partition coefficient (Wildman–Crippen LogP) is 1.53. The van der Waals surface area contributed by atoms with Gasteiger partial charge >= 0.3 is 0 Å². The average Bonchev–Trinajstić information content (AvgIpc) is 2.20. The maximum atomic E-state index is 11.6. The van der Waals surface area contributed by atoms with Crippen molar-refractivity contribution in [3.63, 3.8) is 0 Å². The summed E-state index contributed by atoms with van der Waals surface area (Å²) < 4.78 is 0. The Balaban J connectivity index is 2.29. The van der Waals surface area contributed by atoms with Crippen LogP contribution in [-0.2, 0) is 0 Å². The molecule has 0 aliphatic carbocycles. The topological polar surface area (TPSA) is 36.1 Å². The van der Waals surface area contributed by atoms with Gasteiger partial charge in [0.25, 0.3) is 5.56 Å². The number of nitrogens with one attached hydrogen (secondary N) is 1. The van der Waals surface area contributed by atoms with E-state index in [0.29, 0.717) is 6.04 Å². The van der Waals surface area contributed by atoms with Gasteiger partial charge in [0.2, 0.25) is 0 Å². The van der Waals surface area contributed by atoms with Crippen molar-refractivity contribution in [2.75, 3.05) is 13.6 Å². The van der Waals surface area contributed by atoms with Crippen LogP contribution < -0.4 is 5.56 Å². The average molecular weight is 192 g/mol. The molecule has 2 rings (SSSR count). The quantitative estimate of drug-likeness (QED) is 0.732. The normalized spacial score (nSPS) is 23.6. The Morgan fingerprint density at radius 1 is 1.50 bits per heavy atom. The fourth-order valence-corrected chi connectivity index (χ4v) is 2.17. The van der Waals surface area contributed by atoms with Crippen LogP contribution in [-0.4, -0.2) is 23.5 Å². The van der Waals surface area contributed by atoms with Gasteiger partial charge in [0.1, 0.15) is 0 Å². The second-order valence-electron chi connectivity index (χ2n) is 3.95. The SMILES string of the molecule is CN1CCCCC1c1ccc[nH]c1=O. The minimum absolute atomic E-state index is 0.0613. The number of nitrogens with zero attached hydrogens (tertiary/aromatic N) is 1. The lowest BCUT2D eigenvalue weighted by Gasteiger charge is -2.32. The van der Waals surface area contributed by atoms with E-state index in [4.69, 9.17) is 0 Å². The molecule has 1 aromatic heterocycles. The molecule has 3 nitrogen and oxygen atoms in total. The van der Waals surface area contributed by atoms with Gasteiger partial charge < -0.3 is 4.98 Å². The predicted molar refractivity (Wildman–Crippen MR) is 56.3 cm³/mol. The van der Waals surface area contributed by atoms with Crippen LogP contribution in [0.2, 0.25) is 0 Å². The van der Waals surface area contributed by atoms with Crippen LogP contribution in [0.4, 0.5) is 0 Å². The first-order chi connectivity index (χ1) is 6.79. The van der Waals surface area contributed by atoms with E-state index in [1.165, 1.54) is 12.8 Å². The highest BCUT2D eigenvalue weighted by Crippen LogP contribution is 2.26. The van der Waals surface area contributed by atoms with Crippen LogP contribution in [0.15, 0.2) is 23.1 Å². The van der Waals surface area contributed by atoms with Gasteiger partial charge in [0.15, 0.2) is 0 Å². The van der Waals surface area contributed by atoms with E-state index in [1.54, 1.807) is 6.20 Å². The number of rotatable bonds is 1. The summed E-state index contributed by atoms with van der Waals surface area (Å²) in [6, 6.07) is 4.15. The maximum Gasteiger partial charge on any atom is 0.252 e. The summed E-state index contributed by atoms with van der Waals surface area (Å²) in [5.74, 6) is 0. The zero-order chi connectivity index (χ0) is 9.97. The molecule has 0 spiro atoms. The molecule has 1 N–H and O–H groups in total. The number of hydrogen-bond acceptors (Lipinski definition) is 2. The lowest BCUT2D eigenvalue weighted by atomic mass is 9.97. The fourth-order valence-electron chi connectivity index (χ4n) is 2.17. The molecule has 76 valence electrons. The molecular weight excluding hydrogens is 176 g/mol. The van der Waals surface area contributed by atoms with Gasteiger partial charge in [-0.1, -0.05) is 12.5 Å². The van der Waals surface area contributed by atoms with Crippen LogP contribution in [0.5, 0.6) is 0 Å². The molecule has 1 saturated heterocycles. The Hall–Kier alpha value is -1.09. The van der Waals surface area contributed by atoms with Crippen LogP contribution in [0.3, 0.4) is 0 Å². The van der Waals surface area contributed by atoms with Gasteiger partial charge in [-0.15, -0.1) is 0 Å². The summed E-state index contributed by atoms with van der Waals surface area (Å²) >= 11 is 0. The van der Waals surface area contributed by atoms with Gasteiger partial charge in [0.05, 0.1) is 0 Å². The van der Waals surface area contributed by atoms with E-state index in [-0.39, 0.29) is 5.56 Å². The van der Waals surface area contributed by atoms with E-state index in [9.17, 15) is 4.79 Å². The standard InChI is InChI=1S/C11H16N2O/c1-13-8-3-2-6-10(13)9-5-4-7-12-11(9)14/h4-5,7,10H,2-3,6,8H2,1H3,(H,12,14). The van der Waals surface area contributed by atoms with Gasteiger partial charge in [-0.25, -0.2) is 0 Å². The summed E-state index contributed by atoms with van der Waals surface area (Å²) in [7, 11) is 2.09. The molecule has 1 fully saturated rings. The Morgan fingerprint density at radius 2 is 2.36 bits per heavy atom. The number of aromatic nitrogens is 1. The molecular formula is C11H16N2O. The lowest BCUT2D eigenvalue weighted by Crippen LogP contribution is -2.33. The van der Waals surface area contributed by atoms with Crippen molar-refractivity contribution >= 4 is 0 Å². The third kappa shape index (κ3) is 1.73. The molecule has 1 atom stereocenters. The zero-order valence-corrected chi connectivity index (χ0v) is 8.49. The molecule has 1 aliphatic heterocycles. The smallest absolute Gasteiger partial charge is 0.252 e. The Morgan fingerprint density at radius 3 is 3.07 bits per heavy atom. The summed E-state index contributed by atoms with van der Waals surface area (Å²) in [6.45, 7) is 1.10. The second-order valence-corrected chi connectivity index (χ2v) is 3.95. The second kappa shape index (κ2) is 3.96. The molecule has 0 saturated carbocycles. The minimum atomic E-state index is 0.0613. The van der Waals surface area contributed by atoms with Crippen molar-refractivity contribution in [1.29, 1.82) is 0 Å². The molecule has 3 heteroatoms. The molecule has 1 unspecified atom stereocenters. The third-order valence-electron chi connectivity index (χ3n) is 2.98. The van der Waals surface area contributed by atoms with E-state index in [2.05, 4.69) is 16.9 Å². The van der Waals surface area contributed by atoms with Gasteiger partial charge in [-0.2, -0.15) is 0 Å². The van der Waals surface area contributed by atoms with Gasteiger partial charge in [-0.3, -0.25) is 9.69 Å². The van der Waals surface area contributed by atoms with Crippen molar-refractivity contribution in [2.24, 2.45) is 0 Å². The third-order valence-corrected chi connectivity index (χ3v) is 2.98. The number of pyridine rings is 1. The first kappa shape index (κ1) is 9.46. The van der Waals surface area contributed by atoms with Crippen LogP contribution in [0.1, 0.15) is 30.9 Å². The number of hydrogen-bond donors (Lipinski definition) is 1. The molecule has 0 radical (unpaired) electrons. The molecule has 0 amide bonds. The molecule has 2 heterocycles. The van der Waals surface area contributed by atoms with Crippen molar-refractivity contribution in [1.82, 2.24) is 9.88 Å². The van der Waals surface area contributed by atoms with Crippen molar-refractivity contribution in [2.45, 2.75) is 25.3 Å². The van der Waals surface area contributed by atoms with Gasteiger partial charge in [-0.05, 0) is 32.5 Å². The summed E-state index contributed by atoms with van der Waals surface area (Å²) in [5, 5.41) is 0. The number of piperidine rings is 1. The Bertz CT molecular complexity index is 358. The first-order valence-corrected chi connectivity index (χ1v) is 5.17. The minimum Gasteiger partial charge on any atom is -0.329 e. The fraction of sp³-hybridized carbons (Fsp3) is 0.545. The lowest BCUT2D eigenvalue weighted by molar-refractivity contribution is 0.186. The zero-order valence-electron chi connectivity index (χ0n) is 8.49. The number of aromatic amines is 1. The summed E-state index contributed by atoms with van der Waals surface area (Å²) in [4.78, 5) is 16.6. The van der Waals surface area contributed by atoms with Crippen LogP contribution in [0.25, 0.3) is 0 Å². The van der Waals surface area contributed by atoms with E-state index in [1.807, 2.05) is 12.1 Å². The first-order valence-electron chi connectivity index (χ1n) is 5.17. The highest BCUT2D eigenvalue weighted by molar-refractivity contribution is 5.14. The summed E-state index contributed by atoms with van der Waals surface area (Å²) in [5.41, 5.74) is 0.973.